The van der Waals surface area contributed by atoms with Gasteiger partial charge in [0.05, 0.1) is 11.5 Å². The van der Waals surface area contributed by atoms with Gasteiger partial charge in [0.2, 0.25) is 5.91 Å². The number of ketones is 4. The van der Waals surface area contributed by atoms with E-state index in [1.165, 1.54) is 6.07 Å². The molecule has 3 aliphatic carbocycles. The highest BCUT2D eigenvalue weighted by atomic mass is 16.3. The number of hydrogen-bond acceptors (Lipinski definition) is 8. The third kappa shape index (κ3) is 3.07. The molecule has 5 rings (SSSR count). The fourth-order valence-corrected chi connectivity index (χ4v) is 6.05. The van der Waals surface area contributed by atoms with Crippen molar-refractivity contribution in [2.24, 2.45) is 29.4 Å². The van der Waals surface area contributed by atoms with Gasteiger partial charge in [-0.1, -0.05) is 18.2 Å². The summed E-state index contributed by atoms with van der Waals surface area (Å²) in [5.74, 6) is -10.3. The van der Waals surface area contributed by atoms with Crippen LogP contribution in [-0.4, -0.2) is 44.9 Å². The molecule has 2 aromatic rings. The number of phenolic OH excluding ortho intramolecular Hbond substituents is 1. The van der Waals surface area contributed by atoms with Gasteiger partial charge in [-0.2, -0.15) is 0 Å². The summed E-state index contributed by atoms with van der Waals surface area (Å²) < 4.78 is 0. The molecule has 0 bridgehead atoms. The molecule has 0 aromatic heterocycles. The van der Waals surface area contributed by atoms with E-state index in [1.54, 1.807) is 12.1 Å². The number of anilines is 1. The Bertz CT molecular complexity index is 1360. The first-order valence-electron chi connectivity index (χ1n) is 11.3. The van der Waals surface area contributed by atoms with Crippen LogP contribution < -0.4 is 11.5 Å². The van der Waals surface area contributed by atoms with E-state index in [9.17, 15) is 34.2 Å². The van der Waals surface area contributed by atoms with Gasteiger partial charge >= 0.3 is 0 Å². The second-order valence-corrected chi connectivity index (χ2v) is 9.80. The van der Waals surface area contributed by atoms with Gasteiger partial charge in [-0.25, -0.2) is 0 Å². The first-order chi connectivity index (χ1) is 16.5. The minimum atomic E-state index is -2.65. The van der Waals surface area contributed by atoms with Gasteiger partial charge in [-0.05, 0) is 60.1 Å². The average molecular weight is 476 g/mol. The minimum Gasteiger partial charge on any atom is -0.507 e. The smallest absolute Gasteiger partial charge is 0.235 e. The molecule has 5 atom stereocenters. The van der Waals surface area contributed by atoms with Crippen molar-refractivity contribution < 1.29 is 34.2 Å². The maximum Gasteiger partial charge on any atom is 0.235 e. The zero-order chi connectivity index (χ0) is 25.4. The number of aromatic hydroxyl groups is 1. The molecule has 180 valence electrons. The Morgan fingerprint density at radius 2 is 1.77 bits per heavy atom. The lowest BCUT2D eigenvalue weighted by molar-refractivity contribution is -0.175. The number of nitrogens with two attached hydrogens (primary N) is 2. The number of carbonyl (C=O) groups excluding carboxylic acids is 5. The summed E-state index contributed by atoms with van der Waals surface area (Å²) in [4.78, 5) is 64.3. The number of aryl methyl sites for hydroxylation is 1. The standard InChI is InChI=1S/C26H24N2O7/c1-10-2-3-11(8-16(10)27)14-4-5-17(29)20-15(14)7-12-6-13-9-18(30)21(25(28)34)24(33)26(13,35)23(32)19(12)22(20)31/h2-5,8,12-13,19,21,29,35H,6-7,9,27H2,1H3,(H2,28,34)/t12-,13+,19?,21?,26+/m1/s1. The molecular weight excluding hydrogens is 452 g/mol. The predicted molar refractivity (Wildman–Crippen MR) is 123 cm³/mol. The number of hydrogen-bond donors (Lipinski definition) is 4. The Labute approximate surface area is 200 Å². The number of Topliss-reactive ketones (excluding diaryl/α,β-unsaturated/α-hetero) is 4. The quantitative estimate of drug-likeness (QED) is 0.364. The number of rotatable bonds is 2. The van der Waals surface area contributed by atoms with Crippen molar-refractivity contribution >= 4 is 34.7 Å². The fourth-order valence-electron chi connectivity index (χ4n) is 6.05. The summed E-state index contributed by atoms with van der Waals surface area (Å²) in [6, 6.07) is 8.50. The van der Waals surface area contributed by atoms with Crippen molar-refractivity contribution in [2.75, 3.05) is 5.73 Å². The molecule has 0 saturated heterocycles. The van der Waals surface area contributed by atoms with Crippen LogP contribution in [0.5, 0.6) is 5.75 Å². The highest BCUT2D eigenvalue weighted by Crippen LogP contribution is 2.51. The number of aliphatic hydroxyl groups is 1. The SMILES string of the molecule is Cc1ccc(-c2ccc(O)c3c2C[C@H]2C[C@H]4CC(=O)C(C(N)=O)C(=O)[C@@]4(O)C(=O)C2C3=O)cc1N. The summed E-state index contributed by atoms with van der Waals surface area (Å²) >= 11 is 0. The lowest BCUT2D eigenvalue weighted by atomic mass is 9.53. The Morgan fingerprint density at radius 3 is 2.43 bits per heavy atom. The van der Waals surface area contributed by atoms with E-state index >= 15 is 0 Å². The largest absolute Gasteiger partial charge is 0.507 e. The summed E-state index contributed by atoms with van der Waals surface area (Å²) in [5.41, 5.74) is 12.0. The number of nitrogen functional groups attached to an aromatic ring is 1. The molecule has 0 heterocycles. The fraction of sp³-hybridized carbons (Fsp3) is 0.346. The van der Waals surface area contributed by atoms with Gasteiger partial charge in [-0.15, -0.1) is 0 Å². The maximum atomic E-state index is 13.6. The summed E-state index contributed by atoms with van der Waals surface area (Å²) in [5, 5.41) is 21.8. The van der Waals surface area contributed by atoms with Crippen LogP contribution >= 0.6 is 0 Å². The van der Waals surface area contributed by atoms with Gasteiger partial charge < -0.3 is 21.7 Å². The Morgan fingerprint density at radius 1 is 1.06 bits per heavy atom. The van der Waals surface area contributed by atoms with Crippen LogP contribution in [0.15, 0.2) is 30.3 Å². The topological polar surface area (TPSA) is 178 Å². The Kier molecular flexibility index (Phi) is 4.96. The van der Waals surface area contributed by atoms with Crippen molar-refractivity contribution in [2.45, 2.75) is 31.8 Å². The third-order valence-electron chi connectivity index (χ3n) is 7.88. The average Bonchev–Trinajstić information content (AvgIpc) is 2.78. The van der Waals surface area contributed by atoms with Crippen molar-refractivity contribution in [3.05, 3.63) is 47.0 Å². The highest BCUT2D eigenvalue weighted by molar-refractivity contribution is 6.31. The van der Waals surface area contributed by atoms with Crippen LogP contribution in [0.2, 0.25) is 0 Å². The second-order valence-electron chi connectivity index (χ2n) is 9.80. The highest BCUT2D eigenvalue weighted by Gasteiger charge is 2.66. The van der Waals surface area contributed by atoms with Crippen LogP contribution in [0, 0.1) is 30.6 Å². The number of carbonyl (C=O) groups is 5. The zero-order valence-electron chi connectivity index (χ0n) is 18.9. The van der Waals surface area contributed by atoms with Crippen LogP contribution in [-0.2, 0) is 25.6 Å². The second kappa shape index (κ2) is 7.58. The van der Waals surface area contributed by atoms with Gasteiger partial charge in [0.1, 0.15) is 5.75 Å². The molecule has 2 fully saturated rings. The Balaban J connectivity index is 1.62. The monoisotopic (exact) mass is 476 g/mol. The van der Waals surface area contributed by atoms with Crippen molar-refractivity contribution in [3.8, 4) is 16.9 Å². The van der Waals surface area contributed by atoms with Crippen LogP contribution in [0.3, 0.4) is 0 Å². The van der Waals surface area contributed by atoms with E-state index in [2.05, 4.69) is 0 Å². The van der Waals surface area contributed by atoms with Gasteiger partial charge in [0.15, 0.2) is 34.7 Å². The van der Waals surface area contributed by atoms with Crippen LogP contribution in [0.4, 0.5) is 5.69 Å². The molecule has 9 heteroatoms. The molecule has 2 saturated carbocycles. The molecular formula is C26H24N2O7. The minimum absolute atomic E-state index is 0.0379. The van der Waals surface area contributed by atoms with E-state index in [0.717, 1.165) is 11.1 Å². The van der Waals surface area contributed by atoms with E-state index < -0.39 is 58.3 Å². The lowest BCUT2D eigenvalue weighted by Crippen LogP contribution is -2.68. The molecule has 1 amide bonds. The van der Waals surface area contributed by atoms with E-state index in [-0.39, 0.29) is 30.6 Å². The molecule has 0 radical (unpaired) electrons. The first-order valence-corrected chi connectivity index (χ1v) is 11.3. The van der Waals surface area contributed by atoms with Crippen LogP contribution in [0.25, 0.3) is 11.1 Å². The summed E-state index contributed by atoms with van der Waals surface area (Å²) in [6.07, 6.45) is -0.109. The molecule has 6 N–H and O–H groups in total. The molecule has 3 aliphatic rings. The van der Waals surface area contributed by atoms with E-state index in [4.69, 9.17) is 11.5 Å². The maximum absolute atomic E-state index is 13.6. The number of benzene rings is 2. The van der Waals surface area contributed by atoms with Gasteiger partial charge in [-0.3, -0.25) is 24.0 Å². The van der Waals surface area contributed by atoms with Gasteiger partial charge in [0.25, 0.3) is 0 Å². The predicted octanol–water partition coefficient (Wildman–Crippen LogP) is 0.885. The first kappa shape index (κ1) is 22.9. The number of amides is 1. The number of phenols is 1. The van der Waals surface area contributed by atoms with Crippen molar-refractivity contribution in [3.63, 3.8) is 0 Å². The van der Waals surface area contributed by atoms with Crippen molar-refractivity contribution in [1.82, 2.24) is 0 Å². The molecule has 2 unspecified atom stereocenters. The molecule has 35 heavy (non-hydrogen) atoms. The lowest BCUT2D eigenvalue weighted by Gasteiger charge is -2.48. The molecule has 0 aliphatic heterocycles. The molecule has 9 nitrogen and oxygen atoms in total. The van der Waals surface area contributed by atoms with E-state index in [1.807, 2.05) is 19.1 Å². The van der Waals surface area contributed by atoms with Crippen LogP contribution in [0.1, 0.15) is 34.3 Å². The van der Waals surface area contributed by atoms with Gasteiger partial charge in [0, 0.05) is 18.0 Å². The van der Waals surface area contributed by atoms with Crippen molar-refractivity contribution in [1.29, 1.82) is 0 Å². The normalized spacial score (nSPS) is 29.9. The number of primary amides is 1. The number of fused-ring (bicyclic) bond motifs is 3. The zero-order valence-corrected chi connectivity index (χ0v) is 18.9. The molecule has 2 aromatic carbocycles. The van der Waals surface area contributed by atoms with E-state index in [0.29, 0.717) is 16.8 Å². The molecule has 0 spiro atoms. The third-order valence-corrected chi connectivity index (χ3v) is 7.88. The summed E-state index contributed by atoms with van der Waals surface area (Å²) in [6.45, 7) is 1.86. The summed E-state index contributed by atoms with van der Waals surface area (Å²) in [7, 11) is 0. The Hall–Kier alpha value is -3.85.